The highest BCUT2D eigenvalue weighted by Crippen LogP contribution is 2.58. The Hall–Kier alpha value is -0.900. The van der Waals surface area contributed by atoms with Crippen LogP contribution in [0.1, 0.15) is 92.9 Å². The fourth-order valence-corrected chi connectivity index (χ4v) is 6.80. The topological polar surface area (TPSA) is 60.7 Å². The fourth-order valence-electron chi connectivity index (χ4n) is 6.80. The molecule has 3 aliphatic carbocycles. The van der Waals surface area contributed by atoms with Crippen LogP contribution in [0.2, 0.25) is 0 Å². The zero-order valence-corrected chi connectivity index (χ0v) is 20.7. The molecule has 0 aliphatic heterocycles. The molecule has 176 valence electrons. The van der Waals surface area contributed by atoms with Gasteiger partial charge in [0.2, 0.25) is 0 Å². The zero-order valence-electron chi connectivity index (χ0n) is 20.7. The van der Waals surface area contributed by atoms with Crippen LogP contribution in [-0.4, -0.2) is 33.1 Å². The standard InChI is InChI=1S/C28H46O3/c1-18(9-7-15-27(4,5)31)23-13-14-24-21(10-8-16-28(23,24)6)11-12-22-17-25(29)20(3)26(30)19(22)2/h10-12,18,20,23-26,29-31H,7-9,13-17H2,1-6H3/b12-11-/t18-,20-,23-,24-,25-,26+,28-/m1/s1. The molecule has 3 N–H and O–H groups in total. The highest BCUT2D eigenvalue weighted by atomic mass is 16.3. The van der Waals surface area contributed by atoms with Crippen LogP contribution in [0.25, 0.3) is 0 Å². The Labute approximate surface area is 190 Å². The maximum atomic E-state index is 10.5. The Morgan fingerprint density at radius 3 is 2.61 bits per heavy atom. The summed E-state index contributed by atoms with van der Waals surface area (Å²) in [5, 5.41) is 30.8. The average Bonchev–Trinajstić information content (AvgIpc) is 3.04. The summed E-state index contributed by atoms with van der Waals surface area (Å²) in [6.45, 7) is 12.7. The lowest BCUT2D eigenvalue weighted by Gasteiger charge is -2.43. The van der Waals surface area contributed by atoms with Gasteiger partial charge in [0.05, 0.1) is 17.8 Å². The molecule has 0 radical (unpaired) electrons. The molecule has 0 unspecified atom stereocenters. The molecule has 0 saturated heterocycles. The second-order valence-corrected chi connectivity index (χ2v) is 11.8. The maximum Gasteiger partial charge on any atom is 0.0803 e. The predicted molar refractivity (Wildman–Crippen MR) is 129 cm³/mol. The van der Waals surface area contributed by atoms with Crippen molar-refractivity contribution >= 4 is 0 Å². The van der Waals surface area contributed by atoms with E-state index >= 15 is 0 Å². The van der Waals surface area contributed by atoms with Gasteiger partial charge >= 0.3 is 0 Å². The first kappa shape index (κ1) is 24.7. The molecule has 1 fully saturated rings. The van der Waals surface area contributed by atoms with Crippen LogP contribution < -0.4 is 0 Å². The van der Waals surface area contributed by atoms with Crippen molar-refractivity contribution in [2.24, 2.45) is 29.1 Å². The lowest BCUT2D eigenvalue weighted by molar-refractivity contribution is 0.0299. The van der Waals surface area contributed by atoms with Gasteiger partial charge in [-0.05, 0) is 99.2 Å². The van der Waals surface area contributed by atoms with Gasteiger partial charge in [-0.3, -0.25) is 0 Å². The van der Waals surface area contributed by atoms with Crippen LogP contribution in [0.3, 0.4) is 0 Å². The van der Waals surface area contributed by atoms with Gasteiger partial charge in [-0.25, -0.2) is 0 Å². The molecular weight excluding hydrogens is 384 g/mol. The number of allylic oxidation sites excluding steroid dienone is 4. The SMILES string of the molecule is CC1=C(/C=C\C2=CCC[C@@]3(C)[C@@H]2CC[C@@H]3[C@H](C)CCCC(C)(C)O)C[C@@H](O)[C@@H](C)[C@H]1O. The van der Waals surface area contributed by atoms with Gasteiger partial charge in [-0.1, -0.05) is 51.8 Å². The highest BCUT2D eigenvalue weighted by Gasteiger charge is 2.49. The molecule has 0 bridgehead atoms. The Morgan fingerprint density at radius 1 is 1.23 bits per heavy atom. The third-order valence-electron chi connectivity index (χ3n) is 8.97. The number of hydrogen-bond acceptors (Lipinski definition) is 3. The normalized spacial score (nSPS) is 37.8. The molecular formula is C28H46O3. The minimum atomic E-state index is -0.557. The first-order valence-corrected chi connectivity index (χ1v) is 12.6. The van der Waals surface area contributed by atoms with Crippen molar-refractivity contribution in [1.82, 2.24) is 0 Å². The molecule has 0 aromatic heterocycles. The smallest absolute Gasteiger partial charge is 0.0803 e. The second-order valence-electron chi connectivity index (χ2n) is 11.8. The largest absolute Gasteiger partial charge is 0.392 e. The van der Waals surface area contributed by atoms with Crippen molar-refractivity contribution in [1.29, 1.82) is 0 Å². The monoisotopic (exact) mass is 430 g/mol. The van der Waals surface area contributed by atoms with Gasteiger partial charge in [0.1, 0.15) is 0 Å². The number of hydrogen-bond donors (Lipinski definition) is 3. The summed E-state index contributed by atoms with van der Waals surface area (Å²) in [6.07, 6.45) is 14.7. The Balaban J connectivity index is 1.69. The lowest BCUT2D eigenvalue weighted by atomic mass is 9.62. The Morgan fingerprint density at radius 2 is 1.94 bits per heavy atom. The molecule has 3 nitrogen and oxygen atoms in total. The summed E-state index contributed by atoms with van der Waals surface area (Å²) in [4.78, 5) is 0. The van der Waals surface area contributed by atoms with Crippen LogP contribution in [0.4, 0.5) is 0 Å². The number of rotatable bonds is 7. The molecule has 0 heterocycles. The average molecular weight is 431 g/mol. The van der Waals surface area contributed by atoms with Crippen LogP contribution in [0.15, 0.2) is 34.9 Å². The summed E-state index contributed by atoms with van der Waals surface area (Å²) in [5.41, 5.74) is 3.37. The van der Waals surface area contributed by atoms with Gasteiger partial charge < -0.3 is 15.3 Å². The minimum absolute atomic E-state index is 0.0946. The summed E-state index contributed by atoms with van der Waals surface area (Å²) in [7, 11) is 0. The molecule has 3 heteroatoms. The van der Waals surface area contributed by atoms with E-state index in [0.29, 0.717) is 23.7 Å². The molecule has 31 heavy (non-hydrogen) atoms. The lowest BCUT2D eigenvalue weighted by Crippen LogP contribution is -2.35. The molecule has 0 aromatic carbocycles. The number of aliphatic hydroxyl groups excluding tert-OH is 2. The van der Waals surface area contributed by atoms with E-state index in [1.54, 1.807) is 0 Å². The van der Waals surface area contributed by atoms with Crippen molar-refractivity contribution in [2.75, 3.05) is 0 Å². The van der Waals surface area contributed by atoms with E-state index in [-0.39, 0.29) is 5.92 Å². The molecule has 0 amide bonds. The second kappa shape index (κ2) is 9.53. The first-order valence-electron chi connectivity index (χ1n) is 12.6. The van der Waals surface area contributed by atoms with Crippen molar-refractivity contribution in [2.45, 2.75) is 111 Å². The van der Waals surface area contributed by atoms with Crippen LogP contribution >= 0.6 is 0 Å². The summed E-state index contributed by atoms with van der Waals surface area (Å²) in [5.74, 6) is 1.95. The van der Waals surface area contributed by atoms with Crippen LogP contribution in [-0.2, 0) is 0 Å². The molecule has 0 aromatic rings. The molecule has 0 spiro atoms. The highest BCUT2D eigenvalue weighted by molar-refractivity contribution is 5.37. The van der Waals surface area contributed by atoms with E-state index in [2.05, 4.69) is 32.1 Å². The quantitative estimate of drug-likeness (QED) is 0.468. The molecule has 7 atom stereocenters. The third kappa shape index (κ3) is 5.37. The van der Waals surface area contributed by atoms with Gasteiger partial charge in [-0.15, -0.1) is 0 Å². The van der Waals surface area contributed by atoms with Crippen molar-refractivity contribution in [3.8, 4) is 0 Å². The summed E-state index contributed by atoms with van der Waals surface area (Å²) in [6, 6.07) is 0. The zero-order chi connectivity index (χ0) is 23.0. The van der Waals surface area contributed by atoms with E-state index in [4.69, 9.17) is 0 Å². The maximum absolute atomic E-state index is 10.5. The van der Waals surface area contributed by atoms with Gasteiger partial charge in [-0.2, -0.15) is 0 Å². The van der Waals surface area contributed by atoms with Gasteiger partial charge in [0, 0.05) is 5.92 Å². The first-order chi connectivity index (χ1) is 14.4. The fraction of sp³-hybridized carbons (Fsp3) is 0.786. The van der Waals surface area contributed by atoms with E-state index in [1.807, 2.05) is 27.7 Å². The minimum Gasteiger partial charge on any atom is -0.392 e. The number of fused-ring (bicyclic) bond motifs is 1. The van der Waals surface area contributed by atoms with E-state index < -0.39 is 17.8 Å². The van der Waals surface area contributed by atoms with Gasteiger partial charge in [0.25, 0.3) is 0 Å². The Bertz CT molecular complexity index is 725. The van der Waals surface area contributed by atoms with Crippen molar-refractivity contribution in [3.63, 3.8) is 0 Å². The van der Waals surface area contributed by atoms with Crippen molar-refractivity contribution < 1.29 is 15.3 Å². The van der Waals surface area contributed by atoms with E-state index in [9.17, 15) is 15.3 Å². The van der Waals surface area contributed by atoms with Crippen molar-refractivity contribution in [3.05, 3.63) is 34.9 Å². The Kier molecular flexibility index (Phi) is 7.61. The van der Waals surface area contributed by atoms with Crippen LogP contribution in [0, 0.1) is 29.1 Å². The number of aliphatic hydroxyl groups is 3. The van der Waals surface area contributed by atoms with Crippen LogP contribution in [0.5, 0.6) is 0 Å². The third-order valence-corrected chi connectivity index (χ3v) is 8.97. The predicted octanol–water partition coefficient (Wildman–Crippen LogP) is 5.95. The van der Waals surface area contributed by atoms with E-state index in [1.165, 1.54) is 31.3 Å². The summed E-state index contributed by atoms with van der Waals surface area (Å²) < 4.78 is 0. The summed E-state index contributed by atoms with van der Waals surface area (Å²) >= 11 is 0. The molecule has 3 aliphatic rings. The van der Waals surface area contributed by atoms with E-state index in [0.717, 1.165) is 36.3 Å². The molecule has 3 rings (SSSR count). The molecule has 1 saturated carbocycles. The van der Waals surface area contributed by atoms with Gasteiger partial charge in [0.15, 0.2) is 0 Å².